The van der Waals surface area contributed by atoms with Gasteiger partial charge in [-0.1, -0.05) is 0 Å². The van der Waals surface area contributed by atoms with E-state index in [2.05, 4.69) is 0 Å². The fourth-order valence-corrected chi connectivity index (χ4v) is 4.09. The Morgan fingerprint density at radius 2 is 1.79 bits per heavy atom. The van der Waals surface area contributed by atoms with Crippen LogP contribution in [0, 0.1) is 11.3 Å². The number of nitriles is 1. The van der Waals surface area contributed by atoms with Gasteiger partial charge in [0.25, 0.3) is 5.91 Å². The lowest BCUT2D eigenvalue weighted by Gasteiger charge is -2.27. The second-order valence-corrected chi connectivity index (χ2v) is 7.64. The highest BCUT2D eigenvalue weighted by Crippen LogP contribution is 2.37. The van der Waals surface area contributed by atoms with Gasteiger partial charge < -0.3 is 19.9 Å². The van der Waals surface area contributed by atoms with Crippen molar-refractivity contribution < 1.29 is 19.0 Å². The number of primary amides is 1. The Labute approximate surface area is 167 Å². The van der Waals surface area contributed by atoms with Crippen molar-refractivity contribution in [3.63, 3.8) is 0 Å². The maximum atomic E-state index is 12.2. The summed E-state index contributed by atoms with van der Waals surface area (Å²) in [5.74, 6) is 1.20. The zero-order valence-electron chi connectivity index (χ0n) is 15.8. The van der Waals surface area contributed by atoms with E-state index >= 15 is 0 Å². The number of ether oxygens (including phenoxy) is 3. The van der Waals surface area contributed by atoms with E-state index in [0.717, 1.165) is 15.0 Å². The third-order valence-corrected chi connectivity index (χ3v) is 5.53. The van der Waals surface area contributed by atoms with E-state index in [1.165, 1.54) is 0 Å². The molecule has 2 N–H and O–H groups in total. The minimum absolute atomic E-state index is 0.312. The van der Waals surface area contributed by atoms with Crippen LogP contribution in [0.1, 0.15) is 17.4 Å². The number of fused-ring (bicyclic) bond motifs is 1. The van der Waals surface area contributed by atoms with Crippen molar-refractivity contribution in [3.05, 3.63) is 52.9 Å². The molecule has 1 unspecified atom stereocenters. The van der Waals surface area contributed by atoms with E-state index in [1.807, 2.05) is 24.3 Å². The average Bonchev–Trinajstić information content (AvgIpc) is 3.07. The number of rotatable bonds is 7. The summed E-state index contributed by atoms with van der Waals surface area (Å²) in [5.41, 5.74) is 4.94. The first-order valence-corrected chi connectivity index (χ1v) is 9.33. The van der Waals surface area contributed by atoms with Crippen LogP contribution in [-0.2, 0) is 11.2 Å². The monoisotopic (exact) mass is 396 g/mol. The van der Waals surface area contributed by atoms with Crippen LogP contribution in [-0.4, -0.2) is 25.7 Å². The molecular weight excluding hydrogens is 376 g/mol. The van der Waals surface area contributed by atoms with Crippen LogP contribution in [0.4, 0.5) is 0 Å². The van der Waals surface area contributed by atoms with Crippen molar-refractivity contribution >= 4 is 27.3 Å². The van der Waals surface area contributed by atoms with Gasteiger partial charge in [0.15, 0.2) is 17.1 Å². The minimum Gasteiger partial charge on any atom is -0.493 e. The lowest BCUT2D eigenvalue weighted by Crippen LogP contribution is -2.48. The first kappa shape index (κ1) is 19.5. The molecule has 2 aromatic carbocycles. The molecule has 0 bridgehead atoms. The first-order valence-electron chi connectivity index (χ1n) is 8.52. The summed E-state index contributed by atoms with van der Waals surface area (Å²) in [7, 11) is 3.18. The van der Waals surface area contributed by atoms with Crippen LogP contribution in [0.15, 0.2) is 42.5 Å². The second-order valence-electron chi connectivity index (χ2n) is 6.47. The minimum atomic E-state index is -1.23. The lowest BCUT2D eigenvalue weighted by atomic mass is 9.99. The molecule has 144 valence electrons. The number of carbonyl (C=O) groups is 1. The molecule has 0 spiro atoms. The van der Waals surface area contributed by atoms with E-state index in [-0.39, 0.29) is 0 Å². The Balaban J connectivity index is 1.90. The molecule has 6 nitrogen and oxygen atoms in total. The number of nitrogens with zero attached hydrogens (tertiary/aromatic N) is 1. The van der Waals surface area contributed by atoms with Gasteiger partial charge in [0.1, 0.15) is 5.75 Å². The summed E-state index contributed by atoms with van der Waals surface area (Å²) in [5, 5.41) is 9.90. The number of nitrogens with two attached hydrogens (primary N) is 1. The molecule has 0 saturated carbocycles. The third kappa shape index (κ3) is 3.87. The first-order chi connectivity index (χ1) is 13.4. The molecule has 1 heterocycles. The van der Waals surface area contributed by atoms with Gasteiger partial charge in [-0.05, 0) is 48.7 Å². The summed E-state index contributed by atoms with van der Waals surface area (Å²) in [4.78, 5) is 13.1. The maximum Gasteiger partial charge on any atom is 0.261 e. The molecule has 3 aromatic rings. The standard InChI is InChI=1S/C21H20N2O4S/c1-21(20(23)24,27-15-6-4-13(12-22)5-7-15)11-16-8-14-9-17(25-2)18(26-3)10-19(14)28-16/h4-10H,11H2,1-3H3,(H2,23,24). The zero-order valence-corrected chi connectivity index (χ0v) is 16.6. The fraction of sp³-hybridized carbons (Fsp3) is 0.238. The van der Waals surface area contributed by atoms with E-state index in [1.54, 1.807) is 56.7 Å². The van der Waals surface area contributed by atoms with Crippen molar-refractivity contribution in [2.45, 2.75) is 18.9 Å². The number of hydrogen-bond donors (Lipinski definition) is 1. The number of hydrogen-bond acceptors (Lipinski definition) is 6. The summed E-state index contributed by atoms with van der Waals surface area (Å²) in [6, 6.07) is 14.4. The molecular formula is C21H20N2O4S. The van der Waals surface area contributed by atoms with E-state index in [0.29, 0.717) is 29.2 Å². The van der Waals surface area contributed by atoms with Crippen molar-refractivity contribution in [3.8, 4) is 23.3 Å². The predicted molar refractivity (Wildman–Crippen MR) is 108 cm³/mol. The van der Waals surface area contributed by atoms with Crippen LogP contribution in [0.3, 0.4) is 0 Å². The van der Waals surface area contributed by atoms with E-state index < -0.39 is 11.5 Å². The Bertz CT molecular complexity index is 1010. The lowest BCUT2D eigenvalue weighted by molar-refractivity contribution is -0.132. The number of carbonyl (C=O) groups excluding carboxylic acids is 1. The van der Waals surface area contributed by atoms with Crippen LogP contribution in [0.25, 0.3) is 10.1 Å². The molecule has 3 rings (SSSR count). The molecule has 0 fully saturated rings. The molecule has 7 heteroatoms. The topological polar surface area (TPSA) is 94.6 Å². The van der Waals surface area contributed by atoms with Crippen LogP contribution in [0.5, 0.6) is 17.2 Å². The van der Waals surface area contributed by atoms with Gasteiger partial charge in [-0.2, -0.15) is 5.26 Å². The fourth-order valence-electron chi connectivity index (χ4n) is 2.87. The van der Waals surface area contributed by atoms with Crippen molar-refractivity contribution in [1.29, 1.82) is 5.26 Å². The van der Waals surface area contributed by atoms with Gasteiger partial charge in [0, 0.05) is 22.1 Å². The third-order valence-electron chi connectivity index (χ3n) is 4.43. The van der Waals surface area contributed by atoms with Gasteiger partial charge in [-0.3, -0.25) is 4.79 Å². The summed E-state index contributed by atoms with van der Waals surface area (Å²) in [6.45, 7) is 1.67. The zero-order chi connectivity index (χ0) is 20.3. The molecule has 1 amide bonds. The summed E-state index contributed by atoms with van der Waals surface area (Å²) < 4.78 is 17.6. The van der Waals surface area contributed by atoms with E-state index in [9.17, 15) is 4.79 Å². The Hall–Kier alpha value is -3.24. The average molecular weight is 396 g/mol. The Kier molecular flexibility index (Phi) is 5.43. The number of thiophene rings is 1. The van der Waals surface area contributed by atoms with Gasteiger partial charge in [-0.15, -0.1) is 11.3 Å². The maximum absolute atomic E-state index is 12.2. The van der Waals surface area contributed by atoms with Gasteiger partial charge in [0.2, 0.25) is 0 Å². The number of methoxy groups -OCH3 is 2. The normalized spacial score (nSPS) is 12.8. The largest absolute Gasteiger partial charge is 0.493 e. The second kappa shape index (κ2) is 7.79. The van der Waals surface area contributed by atoms with Gasteiger partial charge >= 0.3 is 0 Å². The molecule has 0 aliphatic rings. The quantitative estimate of drug-likeness (QED) is 0.658. The van der Waals surface area contributed by atoms with Gasteiger partial charge in [0.05, 0.1) is 25.9 Å². The Morgan fingerprint density at radius 3 is 2.36 bits per heavy atom. The highest BCUT2D eigenvalue weighted by molar-refractivity contribution is 7.19. The molecule has 0 aliphatic heterocycles. The van der Waals surface area contributed by atoms with Crippen molar-refractivity contribution in [1.82, 2.24) is 0 Å². The van der Waals surface area contributed by atoms with E-state index in [4.69, 9.17) is 25.2 Å². The Morgan fingerprint density at radius 1 is 1.14 bits per heavy atom. The highest BCUT2D eigenvalue weighted by Gasteiger charge is 2.34. The van der Waals surface area contributed by atoms with Crippen LogP contribution < -0.4 is 19.9 Å². The summed E-state index contributed by atoms with van der Waals surface area (Å²) in [6.07, 6.45) is 0.312. The SMILES string of the molecule is COc1cc2cc(CC(C)(Oc3ccc(C#N)cc3)C(N)=O)sc2cc1OC. The highest BCUT2D eigenvalue weighted by atomic mass is 32.1. The predicted octanol–water partition coefficient (Wildman–Crippen LogP) is 3.66. The number of benzene rings is 2. The molecule has 28 heavy (non-hydrogen) atoms. The van der Waals surface area contributed by atoms with Crippen LogP contribution in [0.2, 0.25) is 0 Å². The molecule has 0 saturated heterocycles. The van der Waals surface area contributed by atoms with Crippen LogP contribution >= 0.6 is 11.3 Å². The van der Waals surface area contributed by atoms with Crippen molar-refractivity contribution in [2.24, 2.45) is 5.73 Å². The smallest absolute Gasteiger partial charge is 0.261 e. The molecule has 1 aromatic heterocycles. The van der Waals surface area contributed by atoms with Crippen molar-refractivity contribution in [2.75, 3.05) is 14.2 Å². The molecule has 0 radical (unpaired) electrons. The molecule has 0 aliphatic carbocycles. The number of amides is 1. The van der Waals surface area contributed by atoms with Gasteiger partial charge in [-0.25, -0.2) is 0 Å². The molecule has 1 atom stereocenters. The summed E-state index contributed by atoms with van der Waals surface area (Å²) >= 11 is 1.54.